The molecule has 1 aliphatic heterocycles. The fourth-order valence-corrected chi connectivity index (χ4v) is 2.90. The third-order valence-electron chi connectivity index (χ3n) is 3.85. The van der Waals surface area contributed by atoms with Crippen molar-refractivity contribution < 1.29 is 9.26 Å². The zero-order chi connectivity index (χ0) is 13.9. The van der Waals surface area contributed by atoms with Gasteiger partial charge >= 0.3 is 0 Å². The Morgan fingerprint density at radius 2 is 2.40 bits per heavy atom. The number of ether oxygens (including phenoxy) is 1. The van der Waals surface area contributed by atoms with E-state index in [2.05, 4.69) is 20.0 Å². The highest BCUT2D eigenvalue weighted by Crippen LogP contribution is 2.25. The molecule has 0 unspecified atom stereocenters. The molecule has 0 aliphatic carbocycles. The Balaban J connectivity index is 1.62. The average Bonchev–Trinajstić information content (AvgIpc) is 3.13. The molecule has 3 rings (SSSR count). The minimum atomic E-state index is 0.239. The van der Waals surface area contributed by atoms with Crippen molar-refractivity contribution in [2.45, 2.75) is 26.0 Å². The average molecular weight is 276 g/mol. The van der Waals surface area contributed by atoms with E-state index in [1.807, 2.05) is 19.2 Å². The summed E-state index contributed by atoms with van der Waals surface area (Å²) in [6.07, 6.45) is 4.70. The molecule has 20 heavy (non-hydrogen) atoms. The van der Waals surface area contributed by atoms with Gasteiger partial charge in [0, 0.05) is 57.0 Å². The van der Waals surface area contributed by atoms with E-state index < -0.39 is 0 Å². The van der Waals surface area contributed by atoms with E-state index in [1.54, 1.807) is 13.4 Å². The normalized spacial score (nSPS) is 23.5. The van der Waals surface area contributed by atoms with Crippen molar-refractivity contribution in [1.82, 2.24) is 20.0 Å². The third kappa shape index (κ3) is 2.91. The smallest absolute Gasteiger partial charge is 0.137 e. The number of aromatic amines is 1. The molecule has 2 atom stereocenters. The molecule has 0 bridgehead atoms. The number of imidazole rings is 1. The van der Waals surface area contributed by atoms with Gasteiger partial charge in [-0.25, -0.2) is 4.98 Å². The zero-order valence-electron chi connectivity index (χ0n) is 11.9. The number of hydrogen-bond donors (Lipinski definition) is 1. The summed E-state index contributed by atoms with van der Waals surface area (Å²) in [5.74, 6) is 1.38. The van der Waals surface area contributed by atoms with Gasteiger partial charge in [-0.1, -0.05) is 5.16 Å². The molecule has 108 valence electrons. The molecule has 0 saturated carbocycles. The van der Waals surface area contributed by atoms with Crippen LogP contribution in [0, 0.1) is 12.8 Å². The van der Waals surface area contributed by atoms with Crippen LogP contribution < -0.4 is 0 Å². The van der Waals surface area contributed by atoms with Crippen LogP contribution in [0.25, 0.3) is 0 Å². The van der Waals surface area contributed by atoms with Crippen molar-refractivity contribution in [2.75, 3.05) is 20.2 Å². The SMILES string of the molecule is CO[C@H]1CN(Cc2cnc[nH]2)C[C@H]1Cc1cc(C)no1. The second-order valence-corrected chi connectivity index (χ2v) is 5.44. The Hall–Kier alpha value is -1.66. The predicted octanol–water partition coefficient (Wildman–Crippen LogP) is 1.40. The number of nitrogens with zero attached hydrogens (tertiary/aromatic N) is 3. The summed E-state index contributed by atoms with van der Waals surface area (Å²) in [5, 5.41) is 3.95. The summed E-state index contributed by atoms with van der Waals surface area (Å²) in [7, 11) is 1.78. The number of nitrogens with one attached hydrogen (secondary N) is 1. The Bertz CT molecular complexity index is 537. The summed E-state index contributed by atoms with van der Waals surface area (Å²) in [5.41, 5.74) is 2.07. The van der Waals surface area contributed by atoms with E-state index in [0.29, 0.717) is 5.92 Å². The number of rotatable bonds is 5. The van der Waals surface area contributed by atoms with Gasteiger partial charge in [-0.2, -0.15) is 0 Å². The maximum absolute atomic E-state index is 5.62. The van der Waals surface area contributed by atoms with Crippen LogP contribution in [0.15, 0.2) is 23.1 Å². The van der Waals surface area contributed by atoms with Gasteiger partial charge in [0.2, 0.25) is 0 Å². The molecule has 0 amide bonds. The fraction of sp³-hybridized carbons (Fsp3) is 0.571. The summed E-state index contributed by atoms with van der Waals surface area (Å²) < 4.78 is 10.9. The Morgan fingerprint density at radius 3 is 3.05 bits per heavy atom. The van der Waals surface area contributed by atoms with Crippen LogP contribution >= 0.6 is 0 Å². The summed E-state index contributed by atoms with van der Waals surface area (Å²) in [4.78, 5) is 9.58. The van der Waals surface area contributed by atoms with E-state index in [4.69, 9.17) is 9.26 Å². The summed E-state index contributed by atoms with van der Waals surface area (Å²) >= 11 is 0. The van der Waals surface area contributed by atoms with Gasteiger partial charge in [0.15, 0.2) is 0 Å². The molecule has 3 heterocycles. The molecule has 2 aromatic heterocycles. The maximum Gasteiger partial charge on any atom is 0.137 e. The van der Waals surface area contributed by atoms with Crippen molar-refractivity contribution >= 4 is 0 Å². The van der Waals surface area contributed by atoms with Crippen LogP contribution in [0.3, 0.4) is 0 Å². The molecular formula is C14H20N4O2. The zero-order valence-corrected chi connectivity index (χ0v) is 11.9. The molecule has 1 saturated heterocycles. The molecule has 2 aromatic rings. The second kappa shape index (κ2) is 5.76. The molecule has 1 N–H and O–H groups in total. The fourth-order valence-electron chi connectivity index (χ4n) is 2.90. The van der Waals surface area contributed by atoms with Crippen LogP contribution in [0.2, 0.25) is 0 Å². The van der Waals surface area contributed by atoms with Gasteiger partial charge in [0.1, 0.15) is 5.76 Å². The van der Waals surface area contributed by atoms with Crippen molar-refractivity contribution in [3.05, 3.63) is 35.7 Å². The number of aromatic nitrogens is 3. The van der Waals surface area contributed by atoms with Gasteiger partial charge in [-0.3, -0.25) is 4.90 Å². The minimum Gasteiger partial charge on any atom is -0.380 e. The molecule has 1 aliphatic rings. The predicted molar refractivity (Wildman–Crippen MR) is 73.1 cm³/mol. The van der Waals surface area contributed by atoms with E-state index in [9.17, 15) is 0 Å². The van der Waals surface area contributed by atoms with Crippen LogP contribution in [-0.4, -0.2) is 46.3 Å². The van der Waals surface area contributed by atoms with Crippen molar-refractivity contribution in [3.8, 4) is 0 Å². The highest BCUT2D eigenvalue weighted by atomic mass is 16.5. The van der Waals surface area contributed by atoms with E-state index in [1.165, 1.54) is 0 Å². The highest BCUT2D eigenvalue weighted by molar-refractivity contribution is 5.06. The van der Waals surface area contributed by atoms with Gasteiger partial charge < -0.3 is 14.2 Å². The standard InChI is InChI=1S/C14H20N4O2/c1-10-3-13(20-17-10)4-11-6-18(8-14(11)19-2)7-12-5-15-9-16-12/h3,5,9,11,14H,4,6-8H2,1-2H3,(H,15,16)/t11-,14+/m1/s1. The lowest BCUT2D eigenvalue weighted by Crippen LogP contribution is -2.23. The molecule has 6 nitrogen and oxygen atoms in total. The molecule has 1 fully saturated rings. The molecule has 6 heteroatoms. The van der Waals surface area contributed by atoms with E-state index in [0.717, 1.165) is 43.2 Å². The first-order valence-electron chi connectivity index (χ1n) is 6.89. The number of H-pyrrole nitrogens is 1. The van der Waals surface area contributed by atoms with Crippen molar-refractivity contribution in [1.29, 1.82) is 0 Å². The number of methoxy groups -OCH3 is 1. The van der Waals surface area contributed by atoms with Gasteiger partial charge in [-0.15, -0.1) is 0 Å². The van der Waals surface area contributed by atoms with Gasteiger partial charge in [-0.05, 0) is 6.92 Å². The van der Waals surface area contributed by atoms with Crippen LogP contribution in [0.5, 0.6) is 0 Å². The highest BCUT2D eigenvalue weighted by Gasteiger charge is 2.33. The summed E-state index contributed by atoms with van der Waals surface area (Å²) in [6, 6.07) is 2.00. The first-order chi connectivity index (χ1) is 9.74. The second-order valence-electron chi connectivity index (χ2n) is 5.44. The number of aryl methyl sites for hydroxylation is 1. The lowest BCUT2D eigenvalue weighted by molar-refractivity contribution is 0.0761. The van der Waals surface area contributed by atoms with Crippen molar-refractivity contribution in [2.24, 2.45) is 5.92 Å². The number of likely N-dealkylation sites (tertiary alicyclic amines) is 1. The Morgan fingerprint density at radius 1 is 1.50 bits per heavy atom. The molecule has 0 aromatic carbocycles. The van der Waals surface area contributed by atoms with Gasteiger partial charge in [0.25, 0.3) is 0 Å². The molecule has 0 spiro atoms. The molecular weight excluding hydrogens is 256 g/mol. The van der Waals surface area contributed by atoms with Crippen LogP contribution in [0.1, 0.15) is 17.1 Å². The monoisotopic (exact) mass is 276 g/mol. The van der Waals surface area contributed by atoms with E-state index in [-0.39, 0.29) is 6.10 Å². The first kappa shape index (κ1) is 13.3. The largest absolute Gasteiger partial charge is 0.380 e. The minimum absolute atomic E-state index is 0.239. The third-order valence-corrected chi connectivity index (χ3v) is 3.85. The molecule has 0 radical (unpaired) electrons. The number of hydrogen-bond acceptors (Lipinski definition) is 5. The van der Waals surface area contributed by atoms with Gasteiger partial charge in [0.05, 0.1) is 18.1 Å². The Kier molecular flexibility index (Phi) is 3.84. The van der Waals surface area contributed by atoms with Crippen LogP contribution in [-0.2, 0) is 17.7 Å². The van der Waals surface area contributed by atoms with Crippen LogP contribution in [0.4, 0.5) is 0 Å². The topological polar surface area (TPSA) is 67.2 Å². The quantitative estimate of drug-likeness (QED) is 0.894. The maximum atomic E-state index is 5.62. The van der Waals surface area contributed by atoms with E-state index >= 15 is 0 Å². The lowest BCUT2D eigenvalue weighted by Gasteiger charge is -2.14. The Labute approximate surface area is 118 Å². The lowest BCUT2D eigenvalue weighted by atomic mass is 10.0. The first-order valence-corrected chi connectivity index (χ1v) is 6.89. The summed E-state index contributed by atoms with van der Waals surface area (Å²) in [6.45, 7) is 4.76. The van der Waals surface area contributed by atoms with Crippen molar-refractivity contribution in [3.63, 3.8) is 0 Å².